The Morgan fingerprint density at radius 2 is 1.71 bits per heavy atom. The molecule has 92 valence electrons. The van der Waals surface area contributed by atoms with Crippen LogP contribution in [0, 0.1) is 0 Å². The van der Waals surface area contributed by atoms with Crippen molar-refractivity contribution in [3.8, 4) is 0 Å². The smallest absolute Gasteiger partial charge is 0.303 e. The van der Waals surface area contributed by atoms with Crippen molar-refractivity contribution < 1.29 is 14.7 Å². The summed E-state index contributed by atoms with van der Waals surface area (Å²) >= 11 is 0. The van der Waals surface area contributed by atoms with Crippen molar-refractivity contribution in [2.24, 2.45) is 0 Å². The summed E-state index contributed by atoms with van der Waals surface area (Å²) in [5, 5.41) is 8.54. The second-order valence-electron chi connectivity index (χ2n) is 4.01. The van der Waals surface area contributed by atoms with E-state index in [-0.39, 0.29) is 18.6 Å². The summed E-state index contributed by atoms with van der Waals surface area (Å²) in [5.74, 6) is -1.02. The first-order valence-corrected chi connectivity index (χ1v) is 5.95. The van der Waals surface area contributed by atoms with E-state index in [2.05, 4.69) is 13.8 Å². The molecule has 1 aromatic rings. The first-order chi connectivity index (χ1) is 8.08. The number of carbonyl (C=O) groups excluding carboxylic acids is 1. The van der Waals surface area contributed by atoms with Gasteiger partial charge < -0.3 is 5.11 Å². The van der Waals surface area contributed by atoms with Crippen LogP contribution in [0.5, 0.6) is 0 Å². The van der Waals surface area contributed by atoms with E-state index in [0.29, 0.717) is 5.56 Å². The zero-order valence-corrected chi connectivity index (χ0v) is 10.3. The number of benzene rings is 1. The van der Waals surface area contributed by atoms with Gasteiger partial charge in [-0.2, -0.15) is 0 Å². The highest BCUT2D eigenvalue weighted by Gasteiger charge is 2.10. The van der Waals surface area contributed by atoms with Crippen LogP contribution in [0.1, 0.15) is 48.2 Å². The lowest BCUT2D eigenvalue weighted by atomic mass is 9.97. The topological polar surface area (TPSA) is 54.4 Å². The third kappa shape index (κ3) is 3.70. The van der Waals surface area contributed by atoms with Crippen molar-refractivity contribution >= 4 is 11.8 Å². The SMILES string of the molecule is CCc1ccc(C(=O)CCC(=O)O)cc1CC. The minimum atomic E-state index is -0.931. The molecule has 0 unspecified atom stereocenters. The van der Waals surface area contributed by atoms with Crippen molar-refractivity contribution in [1.29, 1.82) is 0 Å². The second kappa shape index (κ2) is 6.18. The maximum atomic E-state index is 11.8. The fraction of sp³-hybridized carbons (Fsp3) is 0.429. The van der Waals surface area contributed by atoms with Gasteiger partial charge in [-0.1, -0.05) is 26.0 Å². The highest BCUT2D eigenvalue weighted by atomic mass is 16.4. The molecule has 0 atom stereocenters. The molecule has 0 aliphatic carbocycles. The molecule has 0 fully saturated rings. The van der Waals surface area contributed by atoms with E-state index in [0.717, 1.165) is 12.8 Å². The van der Waals surface area contributed by atoms with Gasteiger partial charge in [0.1, 0.15) is 0 Å². The summed E-state index contributed by atoms with van der Waals surface area (Å²) in [6.45, 7) is 4.14. The van der Waals surface area contributed by atoms with Crippen molar-refractivity contribution in [3.63, 3.8) is 0 Å². The molecule has 0 aliphatic rings. The highest BCUT2D eigenvalue weighted by Crippen LogP contribution is 2.15. The Hall–Kier alpha value is -1.64. The lowest BCUT2D eigenvalue weighted by molar-refractivity contribution is -0.136. The number of ketones is 1. The van der Waals surface area contributed by atoms with Crippen molar-refractivity contribution in [2.45, 2.75) is 39.5 Å². The fourth-order valence-corrected chi connectivity index (χ4v) is 1.84. The predicted molar refractivity (Wildman–Crippen MR) is 66.4 cm³/mol. The molecule has 1 aromatic carbocycles. The van der Waals surface area contributed by atoms with Gasteiger partial charge in [0.05, 0.1) is 6.42 Å². The van der Waals surface area contributed by atoms with Gasteiger partial charge in [-0.3, -0.25) is 9.59 Å². The van der Waals surface area contributed by atoms with Crippen LogP contribution >= 0.6 is 0 Å². The van der Waals surface area contributed by atoms with E-state index in [9.17, 15) is 9.59 Å². The van der Waals surface area contributed by atoms with Gasteiger partial charge in [0.25, 0.3) is 0 Å². The quantitative estimate of drug-likeness (QED) is 0.770. The Morgan fingerprint density at radius 3 is 2.24 bits per heavy atom. The molecule has 0 heterocycles. The average Bonchev–Trinajstić information content (AvgIpc) is 2.34. The van der Waals surface area contributed by atoms with Gasteiger partial charge in [0.2, 0.25) is 0 Å². The summed E-state index contributed by atoms with van der Waals surface area (Å²) in [7, 11) is 0. The van der Waals surface area contributed by atoms with Crippen LogP contribution < -0.4 is 0 Å². The molecule has 1 rings (SSSR count). The van der Waals surface area contributed by atoms with Gasteiger partial charge in [-0.25, -0.2) is 0 Å². The molecule has 0 amide bonds. The number of rotatable bonds is 6. The Kier molecular flexibility index (Phi) is 4.88. The largest absolute Gasteiger partial charge is 0.481 e. The first-order valence-electron chi connectivity index (χ1n) is 5.95. The van der Waals surface area contributed by atoms with Crippen LogP contribution in [0.2, 0.25) is 0 Å². The van der Waals surface area contributed by atoms with Gasteiger partial charge in [0.15, 0.2) is 5.78 Å². The lowest BCUT2D eigenvalue weighted by Crippen LogP contribution is -2.05. The van der Waals surface area contributed by atoms with Gasteiger partial charge in [-0.05, 0) is 30.0 Å². The Morgan fingerprint density at radius 1 is 1.06 bits per heavy atom. The molecule has 17 heavy (non-hydrogen) atoms. The molecule has 0 aromatic heterocycles. The standard InChI is InChI=1S/C14H18O3/c1-3-10-5-6-12(9-11(10)4-2)13(15)7-8-14(16)17/h5-6,9H,3-4,7-8H2,1-2H3,(H,16,17). The molecule has 0 saturated heterocycles. The van der Waals surface area contributed by atoms with E-state index in [1.54, 1.807) is 6.07 Å². The average molecular weight is 234 g/mol. The number of hydrogen-bond acceptors (Lipinski definition) is 2. The van der Waals surface area contributed by atoms with E-state index in [4.69, 9.17) is 5.11 Å². The summed E-state index contributed by atoms with van der Waals surface area (Å²) in [6.07, 6.45) is 1.82. The van der Waals surface area contributed by atoms with Crippen LogP contribution in [0.25, 0.3) is 0 Å². The van der Waals surface area contributed by atoms with Crippen molar-refractivity contribution in [2.75, 3.05) is 0 Å². The van der Waals surface area contributed by atoms with Crippen molar-refractivity contribution in [1.82, 2.24) is 0 Å². The molecular weight excluding hydrogens is 216 g/mol. The van der Waals surface area contributed by atoms with E-state index in [1.807, 2.05) is 12.1 Å². The minimum Gasteiger partial charge on any atom is -0.481 e. The normalized spacial score (nSPS) is 10.2. The van der Waals surface area contributed by atoms with Gasteiger partial charge in [0, 0.05) is 12.0 Å². The van der Waals surface area contributed by atoms with E-state index >= 15 is 0 Å². The number of Topliss-reactive ketones (excluding diaryl/α,β-unsaturated/α-hetero) is 1. The zero-order chi connectivity index (χ0) is 12.8. The second-order valence-corrected chi connectivity index (χ2v) is 4.01. The zero-order valence-electron chi connectivity index (χ0n) is 10.3. The lowest BCUT2D eigenvalue weighted by Gasteiger charge is -2.08. The Labute approximate surface area is 101 Å². The molecule has 0 aliphatic heterocycles. The molecule has 0 spiro atoms. The number of aliphatic carboxylic acids is 1. The minimum absolute atomic E-state index is 0.0734. The highest BCUT2D eigenvalue weighted by molar-refractivity contribution is 5.97. The van der Waals surface area contributed by atoms with Crippen molar-refractivity contribution in [3.05, 3.63) is 34.9 Å². The molecule has 0 bridgehead atoms. The maximum Gasteiger partial charge on any atom is 0.303 e. The Balaban J connectivity index is 2.84. The predicted octanol–water partition coefficient (Wildman–Crippen LogP) is 2.86. The van der Waals surface area contributed by atoms with Crippen LogP contribution in [-0.4, -0.2) is 16.9 Å². The number of carboxylic acids is 1. The third-order valence-electron chi connectivity index (χ3n) is 2.86. The summed E-state index contributed by atoms with van der Waals surface area (Å²) in [6, 6.07) is 5.65. The molecule has 0 saturated carbocycles. The molecule has 3 nitrogen and oxygen atoms in total. The number of carboxylic acid groups (broad SMARTS) is 1. The summed E-state index contributed by atoms with van der Waals surface area (Å²) < 4.78 is 0. The van der Waals surface area contributed by atoms with E-state index < -0.39 is 5.97 Å². The van der Waals surface area contributed by atoms with Gasteiger partial charge in [-0.15, -0.1) is 0 Å². The van der Waals surface area contributed by atoms with E-state index in [1.165, 1.54) is 11.1 Å². The molecule has 1 N–H and O–H groups in total. The molecule has 0 radical (unpaired) electrons. The molecule has 3 heteroatoms. The number of hydrogen-bond donors (Lipinski definition) is 1. The van der Waals surface area contributed by atoms with Crippen LogP contribution in [0.3, 0.4) is 0 Å². The maximum absolute atomic E-state index is 11.8. The Bertz CT molecular complexity index is 421. The summed E-state index contributed by atoms with van der Waals surface area (Å²) in [4.78, 5) is 22.2. The summed E-state index contributed by atoms with van der Waals surface area (Å²) in [5.41, 5.74) is 3.05. The first kappa shape index (κ1) is 13.4. The molecular formula is C14H18O3. The van der Waals surface area contributed by atoms with Crippen LogP contribution in [0.15, 0.2) is 18.2 Å². The number of aryl methyl sites for hydroxylation is 2. The van der Waals surface area contributed by atoms with Crippen LogP contribution in [0.4, 0.5) is 0 Å². The fourth-order valence-electron chi connectivity index (χ4n) is 1.84. The third-order valence-corrected chi connectivity index (χ3v) is 2.86. The van der Waals surface area contributed by atoms with Gasteiger partial charge >= 0.3 is 5.97 Å². The van der Waals surface area contributed by atoms with Crippen LogP contribution in [-0.2, 0) is 17.6 Å². The monoisotopic (exact) mass is 234 g/mol. The number of carbonyl (C=O) groups is 2.